The second kappa shape index (κ2) is 7.72. The summed E-state index contributed by atoms with van der Waals surface area (Å²) < 4.78 is 10.9. The molecule has 1 aliphatic rings. The zero-order chi connectivity index (χ0) is 18.6. The van der Waals surface area contributed by atoms with Gasteiger partial charge in [0.2, 0.25) is 11.8 Å². The van der Waals surface area contributed by atoms with Crippen LogP contribution in [0, 0.1) is 6.92 Å². The molecule has 1 amide bonds. The van der Waals surface area contributed by atoms with E-state index in [1.165, 1.54) is 0 Å². The quantitative estimate of drug-likeness (QED) is 0.766. The fourth-order valence-electron chi connectivity index (χ4n) is 3.20. The van der Waals surface area contributed by atoms with Crippen LogP contribution in [0.1, 0.15) is 29.1 Å². The largest absolute Gasteiger partial charge is 0.421 e. The van der Waals surface area contributed by atoms with E-state index in [0.717, 1.165) is 29.5 Å². The third-order valence-electron chi connectivity index (χ3n) is 4.65. The summed E-state index contributed by atoms with van der Waals surface area (Å²) in [5, 5.41) is 11.1. The monoisotopic (exact) mass is 363 g/mol. The molecule has 27 heavy (non-hydrogen) atoms. The lowest BCUT2D eigenvalue weighted by Gasteiger charge is -2.23. The number of hydrogen-bond acceptors (Lipinski definition) is 5. The van der Waals surface area contributed by atoms with Crippen LogP contribution in [-0.4, -0.2) is 35.4 Å². The van der Waals surface area contributed by atoms with Crippen LogP contribution in [0.25, 0.3) is 22.6 Å². The summed E-state index contributed by atoms with van der Waals surface area (Å²) >= 11 is 0. The Kier molecular flexibility index (Phi) is 4.98. The van der Waals surface area contributed by atoms with Crippen molar-refractivity contribution in [1.82, 2.24) is 15.5 Å². The number of ether oxygens (including phenoxy) is 1. The van der Waals surface area contributed by atoms with Gasteiger partial charge in [-0.15, -0.1) is 10.2 Å². The first kappa shape index (κ1) is 17.4. The molecule has 1 N–H and O–H groups in total. The molecule has 0 bridgehead atoms. The fourth-order valence-corrected chi connectivity index (χ4v) is 3.20. The lowest BCUT2D eigenvalue weighted by atomic mass is 10.0. The molecule has 6 heteroatoms. The van der Waals surface area contributed by atoms with Crippen LogP contribution in [-0.2, 0) is 4.74 Å². The van der Waals surface area contributed by atoms with Crippen LogP contribution in [0.4, 0.5) is 0 Å². The van der Waals surface area contributed by atoms with Crippen LogP contribution < -0.4 is 5.32 Å². The molecule has 1 saturated heterocycles. The van der Waals surface area contributed by atoms with Gasteiger partial charge in [-0.1, -0.05) is 24.3 Å². The summed E-state index contributed by atoms with van der Waals surface area (Å²) in [6.07, 6.45) is 1.72. The topological polar surface area (TPSA) is 77.2 Å². The molecule has 4 rings (SSSR count). The molecule has 1 aromatic heterocycles. The Morgan fingerprint density at radius 3 is 2.44 bits per heavy atom. The third kappa shape index (κ3) is 4.06. The highest BCUT2D eigenvalue weighted by Crippen LogP contribution is 2.26. The summed E-state index contributed by atoms with van der Waals surface area (Å²) in [5.74, 6) is 0.970. The SMILES string of the molecule is Cc1nnc(-c2cccc(-c3cccc(C(=O)NC4CCOCC4)c3)c2)o1. The molecule has 0 spiro atoms. The maximum Gasteiger partial charge on any atom is 0.251 e. The van der Waals surface area contributed by atoms with Crippen LogP contribution in [0.5, 0.6) is 0 Å². The Hall–Kier alpha value is -2.99. The molecule has 6 nitrogen and oxygen atoms in total. The Balaban J connectivity index is 1.56. The molecule has 0 unspecified atom stereocenters. The lowest BCUT2D eigenvalue weighted by molar-refractivity contribution is 0.0696. The van der Waals surface area contributed by atoms with Gasteiger partial charge in [0.05, 0.1) is 0 Å². The minimum Gasteiger partial charge on any atom is -0.421 e. The van der Waals surface area contributed by atoms with Gasteiger partial charge < -0.3 is 14.5 Å². The van der Waals surface area contributed by atoms with Gasteiger partial charge in [0.15, 0.2) is 0 Å². The molecule has 0 saturated carbocycles. The number of carbonyl (C=O) groups excluding carboxylic acids is 1. The van der Waals surface area contributed by atoms with Gasteiger partial charge in [-0.25, -0.2) is 0 Å². The van der Waals surface area contributed by atoms with E-state index in [4.69, 9.17) is 9.15 Å². The van der Waals surface area contributed by atoms with E-state index >= 15 is 0 Å². The number of rotatable bonds is 4. The number of carbonyl (C=O) groups is 1. The summed E-state index contributed by atoms with van der Waals surface area (Å²) in [5.41, 5.74) is 3.46. The number of hydrogen-bond donors (Lipinski definition) is 1. The Morgan fingerprint density at radius 2 is 1.70 bits per heavy atom. The van der Waals surface area contributed by atoms with Crippen molar-refractivity contribution < 1.29 is 13.9 Å². The second-order valence-corrected chi connectivity index (χ2v) is 6.65. The van der Waals surface area contributed by atoms with Crippen molar-refractivity contribution in [3.63, 3.8) is 0 Å². The van der Waals surface area contributed by atoms with Crippen molar-refractivity contribution in [1.29, 1.82) is 0 Å². The van der Waals surface area contributed by atoms with Gasteiger partial charge >= 0.3 is 0 Å². The molecule has 0 atom stereocenters. The molecule has 2 heterocycles. The van der Waals surface area contributed by atoms with Gasteiger partial charge in [-0.3, -0.25) is 4.79 Å². The average molecular weight is 363 g/mol. The number of nitrogens with one attached hydrogen (secondary N) is 1. The first-order valence-electron chi connectivity index (χ1n) is 9.08. The van der Waals surface area contributed by atoms with E-state index in [9.17, 15) is 4.79 Å². The number of nitrogens with zero attached hydrogens (tertiary/aromatic N) is 2. The van der Waals surface area contributed by atoms with Crippen LogP contribution >= 0.6 is 0 Å². The molecule has 1 aliphatic heterocycles. The van der Waals surface area contributed by atoms with Gasteiger partial charge in [-0.05, 0) is 48.2 Å². The fraction of sp³-hybridized carbons (Fsp3) is 0.286. The van der Waals surface area contributed by atoms with Crippen LogP contribution in [0.3, 0.4) is 0 Å². The van der Waals surface area contributed by atoms with Crippen molar-refractivity contribution in [2.24, 2.45) is 0 Å². The number of benzene rings is 2. The van der Waals surface area contributed by atoms with Gasteiger partial charge in [-0.2, -0.15) is 0 Å². The van der Waals surface area contributed by atoms with Crippen molar-refractivity contribution in [2.45, 2.75) is 25.8 Å². The van der Waals surface area contributed by atoms with E-state index in [1.54, 1.807) is 6.92 Å². The summed E-state index contributed by atoms with van der Waals surface area (Å²) in [7, 11) is 0. The summed E-state index contributed by atoms with van der Waals surface area (Å²) in [4.78, 5) is 12.6. The minimum atomic E-state index is -0.0487. The second-order valence-electron chi connectivity index (χ2n) is 6.65. The summed E-state index contributed by atoms with van der Waals surface area (Å²) in [6, 6.07) is 15.7. The van der Waals surface area contributed by atoms with E-state index in [1.807, 2.05) is 48.5 Å². The zero-order valence-corrected chi connectivity index (χ0v) is 15.1. The van der Waals surface area contributed by atoms with E-state index in [2.05, 4.69) is 15.5 Å². The molecule has 0 aliphatic carbocycles. The van der Waals surface area contributed by atoms with E-state index < -0.39 is 0 Å². The first-order chi connectivity index (χ1) is 13.2. The first-order valence-corrected chi connectivity index (χ1v) is 9.08. The highest BCUT2D eigenvalue weighted by atomic mass is 16.5. The normalized spacial score (nSPS) is 14.9. The predicted molar refractivity (Wildman–Crippen MR) is 101 cm³/mol. The van der Waals surface area contributed by atoms with E-state index in [-0.39, 0.29) is 11.9 Å². The van der Waals surface area contributed by atoms with Gasteiger partial charge in [0, 0.05) is 37.3 Å². The smallest absolute Gasteiger partial charge is 0.251 e. The third-order valence-corrected chi connectivity index (χ3v) is 4.65. The molecular weight excluding hydrogens is 342 g/mol. The van der Waals surface area contributed by atoms with Crippen molar-refractivity contribution >= 4 is 5.91 Å². The zero-order valence-electron chi connectivity index (χ0n) is 15.1. The standard InChI is InChI=1S/C21H21N3O3/c1-14-23-24-21(27-14)18-7-3-5-16(13-18)15-4-2-6-17(12-15)20(25)22-19-8-10-26-11-9-19/h2-7,12-13,19H,8-11H2,1H3,(H,22,25). The Morgan fingerprint density at radius 1 is 1.00 bits per heavy atom. The lowest BCUT2D eigenvalue weighted by Crippen LogP contribution is -2.38. The predicted octanol–water partition coefficient (Wildman–Crippen LogP) is 3.62. The van der Waals surface area contributed by atoms with Crippen LogP contribution in [0.2, 0.25) is 0 Å². The van der Waals surface area contributed by atoms with Crippen LogP contribution in [0.15, 0.2) is 52.9 Å². The Labute approximate surface area is 157 Å². The molecule has 3 aromatic rings. The molecule has 2 aromatic carbocycles. The maximum atomic E-state index is 12.6. The maximum absolute atomic E-state index is 12.6. The van der Waals surface area contributed by atoms with Crippen molar-refractivity contribution in [2.75, 3.05) is 13.2 Å². The molecule has 1 fully saturated rings. The number of aryl methyl sites for hydroxylation is 1. The number of aromatic nitrogens is 2. The van der Waals surface area contributed by atoms with Gasteiger partial charge in [0.25, 0.3) is 5.91 Å². The minimum absolute atomic E-state index is 0.0487. The van der Waals surface area contributed by atoms with Crippen molar-refractivity contribution in [3.8, 4) is 22.6 Å². The highest BCUT2D eigenvalue weighted by Gasteiger charge is 2.17. The molecule has 138 valence electrons. The summed E-state index contributed by atoms with van der Waals surface area (Å²) in [6.45, 7) is 3.17. The number of amides is 1. The molecule has 0 radical (unpaired) electrons. The molecular formula is C21H21N3O3. The highest BCUT2D eigenvalue weighted by molar-refractivity contribution is 5.95. The average Bonchev–Trinajstić information content (AvgIpc) is 3.15. The Bertz CT molecular complexity index is 945. The van der Waals surface area contributed by atoms with Gasteiger partial charge in [0.1, 0.15) is 0 Å². The van der Waals surface area contributed by atoms with E-state index in [0.29, 0.717) is 30.6 Å². The van der Waals surface area contributed by atoms with Crippen molar-refractivity contribution in [3.05, 3.63) is 60.0 Å².